The molecule has 0 saturated carbocycles. The molecule has 0 aromatic carbocycles. The minimum Gasteiger partial charge on any atom is -0.457 e. The van der Waals surface area contributed by atoms with Crippen LogP contribution in [0.4, 0.5) is 0 Å². The van der Waals surface area contributed by atoms with Crippen molar-refractivity contribution in [3.05, 3.63) is 33.3 Å². The van der Waals surface area contributed by atoms with E-state index in [9.17, 15) is 24.9 Å². The normalized spacial score (nSPS) is 32.2. The second-order valence-electron chi connectivity index (χ2n) is 10.5. The van der Waals surface area contributed by atoms with Gasteiger partial charge >= 0.3 is 5.97 Å². The summed E-state index contributed by atoms with van der Waals surface area (Å²) in [5, 5.41) is 35.2. The maximum absolute atomic E-state index is 13.2. The van der Waals surface area contributed by atoms with Gasteiger partial charge in [0, 0.05) is 23.6 Å². The van der Waals surface area contributed by atoms with Crippen molar-refractivity contribution in [2.45, 2.75) is 98.6 Å². The third-order valence-corrected chi connectivity index (χ3v) is 8.00. The fourth-order valence-corrected chi connectivity index (χ4v) is 4.93. The van der Waals surface area contributed by atoms with Crippen LogP contribution in [0.25, 0.3) is 6.08 Å². The number of carbonyl (C=O) groups is 2. The highest BCUT2D eigenvalue weighted by Crippen LogP contribution is 2.32. The lowest BCUT2D eigenvalue weighted by Crippen LogP contribution is -2.47. The van der Waals surface area contributed by atoms with Crippen molar-refractivity contribution in [1.29, 1.82) is 0 Å². The van der Waals surface area contributed by atoms with Crippen LogP contribution < -0.4 is 0 Å². The highest BCUT2D eigenvalue weighted by molar-refractivity contribution is 7.09. The molecule has 1 aromatic heterocycles. The van der Waals surface area contributed by atoms with Crippen molar-refractivity contribution < 1.29 is 29.6 Å². The number of carbonyl (C=O) groups excluding carboxylic acids is 2. The second kappa shape index (κ2) is 12.4. The number of aliphatic hydroxyl groups is 3. The summed E-state index contributed by atoms with van der Waals surface area (Å²) in [6.07, 6.45) is 1.33. The lowest BCUT2D eigenvalue weighted by Gasteiger charge is -2.35. The van der Waals surface area contributed by atoms with Gasteiger partial charge in [0.1, 0.15) is 11.9 Å². The number of allylic oxidation sites excluding steroid dienone is 1. The van der Waals surface area contributed by atoms with Crippen LogP contribution in [0.2, 0.25) is 0 Å². The zero-order valence-electron chi connectivity index (χ0n) is 21.9. The summed E-state index contributed by atoms with van der Waals surface area (Å²) in [6.45, 7) is 12.2. The van der Waals surface area contributed by atoms with Crippen molar-refractivity contribution in [1.82, 2.24) is 4.98 Å². The number of nitrogens with zero attached hydrogens (tertiary/aromatic N) is 1. The first-order valence-corrected chi connectivity index (χ1v) is 13.2. The van der Waals surface area contributed by atoms with E-state index >= 15 is 0 Å². The molecule has 2 heterocycles. The molecule has 0 amide bonds. The van der Waals surface area contributed by atoms with Crippen LogP contribution in [-0.2, 0) is 14.3 Å². The number of rotatable bonds is 2. The Morgan fingerprint density at radius 3 is 2.46 bits per heavy atom. The first-order valence-electron chi connectivity index (χ1n) is 12.3. The third kappa shape index (κ3) is 7.81. The van der Waals surface area contributed by atoms with E-state index in [4.69, 9.17) is 4.74 Å². The zero-order valence-corrected chi connectivity index (χ0v) is 22.8. The van der Waals surface area contributed by atoms with E-state index in [1.807, 2.05) is 38.3 Å². The van der Waals surface area contributed by atoms with Gasteiger partial charge in [-0.15, -0.1) is 11.3 Å². The first-order chi connectivity index (χ1) is 16.2. The molecule has 35 heavy (non-hydrogen) atoms. The summed E-state index contributed by atoms with van der Waals surface area (Å²) >= 11 is 1.54. The third-order valence-electron chi connectivity index (χ3n) is 7.21. The Morgan fingerprint density at radius 2 is 1.86 bits per heavy atom. The average Bonchev–Trinajstić information content (AvgIpc) is 3.21. The number of cyclic esters (lactones) is 1. The lowest BCUT2D eigenvalue weighted by molar-refractivity contribution is -0.154. The summed E-state index contributed by atoms with van der Waals surface area (Å²) in [5.74, 6) is -2.30. The number of aryl methyl sites for hydroxylation is 1. The maximum atomic E-state index is 13.2. The molecule has 3 N–H and O–H groups in total. The van der Waals surface area contributed by atoms with Crippen molar-refractivity contribution in [2.75, 3.05) is 0 Å². The number of ketones is 1. The molecule has 7 nitrogen and oxygen atoms in total. The van der Waals surface area contributed by atoms with E-state index in [0.29, 0.717) is 19.3 Å². The summed E-state index contributed by atoms with van der Waals surface area (Å²) < 4.78 is 5.78. The fraction of sp³-hybridized carbons (Fsp3) is 0.667. The quantitative estimate of drug-likeness (QED) is 0.405. The smallest absolute Gasteiger partial charge is 0.309 e. The van der Waals surface area contributed by atoms with E-state index in [0.717, 1.165) is 21.8 Å². The minimum atomic E-state index is -1.28. The summed E-state index contributed by atoms with van der Waals surface area (Å²) in [5.41, 5.74) is 1.37. The van der Waals surface area contributed by atoms with Gasteiger partial charge in [0.15, 0.2) is 0 Å². The molecule has 196 valence electrons. The average molecular weight is 508 g/mol. The first kappa shape index (κ1) is 29.4. The predicted molar refractivity (Wildman–Crippen MR) is 138 cm³/mol. The molecule has 0 bridgehead atoms. The molecule has 2 rings (SSSR count). The Kier molecular flexibility index (Phi) is 10.4. The zero-order chi connectivity index (χ0) is 26.5. The van der Waals surface area contributed by atoms with Crippen molar-refractivity contribution in [3.8, 4) is 0 Å². The van der Waals surface area contributed by atoms with Gasteiger partial charge < -0.3 is 20.1 Å². The van der Waals surface area contributed by atoms with Crippen molar-refractivity contribution in [2.24, 2.45) is 17.3 Å². The molecule has 1 aliphatic heterocycles. The van der Waals surface area contributed by atoms with Crippen LogP contribution in [0.3, 0.4) is 0 Å². The van der Waals surface area contributed by atoms with Crippen molar-refractivity contribution >= 4 is 29.2 Å². The van der Waals surface area contributed by atoms with E-state index in [-0.39, 0.29) is 12.2 Å². The molecule has 1 aliphatic rings. The van der Waals surface area contributed by atoms with Crippen LogP contribution in [0.5, 0.6) is 0 Å². The van der Waals surface area contributed by atoms with Crippen molar-refractivity contribution in [3.63, 3.8) is 0 Å². The molecule has 0 saturated heterocycles. The van der Waals surface area contributed by atoms with E-state index < -0.39 is 47.6 Å². The Labute approximate surface area is 212 Å². The molecule has 1 aromatic rings. The Hall–Kier alpha value is -1.87. The highest BCUT2D eigenvalue weighted by atomic mass is 32.1. The SMILES string of the molecule is CC1=CCC(C(C)=Cc2csc(C)n2)OC(=O)CC(O)C(C)(C)C(=O)C(C)C(O)C(C)C(O)CC1. The molecular weight excluding hydrogens is 466 g/mol. The number of aromatic nitrogens is 1. The maximum Gasteiger partial charge on any atom is 0.309 e. The van der Waals surface area contributed by atoms with Gasteiger partial charge in [-0.05, 0) is 45.3 Å². The van der Waals surface area contributed by atoms with Crippen LogP contribution >= 0.6 is 11.3 Å². The number of aliphatic hydroxyl groups excluding tert-OH is 3. The number of thiazole rings is 1. The topological polar surface area (TPSA) is 117 Å². The summed E-state index contributed by atoms with van der Waals surface area (Å²) in [7, 11) is 0. The molecule has 6 atom stereocenters. The van der Waals surface area contributed by atoms with E-state index in [1.54, 1.807) is 27.7 Å². The van der Waals surface area contributed by atoms with Gasteiger partial charge in [-0.2, -0.15) is 0 Å². The predicted octanol–water partition coefficient (Wildman–Crippen LogP) is 4.24. The number of Topliss-reactive ketones (excluding diaryl/α,β-unsaturated/α-hetero) is 1. The van der Waals surface area contributed by atoms with Gasteiger partial charge in [-0.3, -0.25) is 9.59 Å². The van der Waals surface area contributed by atoms with Gasteiger partial charge in [0.25, 0.3) is 0 Å². The van der Waals surface area contributed by atoms with Crippen LogP contribution in [0.1, 0.15) is 77.9 Å². The lowest BCUT2D eigenvalue weighted by atomic mass is 9.72. The Bertz CT molecular complexity index is 949. The largest absolute Gasteiger partial charge is 0.457 e. The highest BCUT2D eigenvalue weighted by Gasteiger charge is 2.43. The van der Waals surface area contributed by atoms with Crippen LogP contribution in [-0.4, -0.2) is 56.5 Å². The summed E-state index contributed by atoms with van der Waals surface area (Å²) in [6, 6.07) is 0. The van der Waals surface area contributed by atoms with Crippen LogP contribution in [0, 0.1) is 24.2 Å². The summed E-state index contributed by atoms with van der Waals surface area (Å²) in [4.78, 5) is 30.5. The molecular formula is C27H41NO6S. The Balaban J connectivity index is 2.37. The van der Waals surface area contributed by atoms with Gasteiger partial charge in [-0.1, -0.05) is 39.3 Å². The fourth-order valence-electron chi connectivity index (χ4n) is 4.36. The van der Waals surface area contributed by atoms with Gasteiger partial charge in [0.2, 0.25) is 0 Å². The number of esters is 1. The monoisotopic (exact) mass is 507 g/mol. The number of hydrogen-bond acceptors (Lipinski definition) is 8. The standard InChI is InChI=1S/C27H41NO6S/c1-15-8-10-21(29)17(3)25(32)18(4)26(33)27(6,7)23(30)13-24(31)34-22(11-9-15)16(2)12-20-14-35-19(5)28-20/h9,12,14,17-18,21-23,25,29-30,32H,8,10-11,13H2,1-7H3. The molecule has 0 aliphatic carbocycles. The molecule has 0 fully saturated rings. The minimum absolute atomic E-state index is 0.345. The van der Waals surface area contributed by atoms with Gasteiger partial charge in [-0.25, -0.2) is 4.98 Å². The van der Waals surface area contributed by atoms with Gasteiger partial charge in [0.05, 0.1) is 40.8 Å². The second-order valence-corrected chi connectivity index (χ2v) is 11.6. The Morgan fingerprint density at radius 1 is 1.20 bits per heavy atom. The van der Waals surface area contributed by atoms with E-state index in [1.165, 1.54) is 11.3 Å². The van der Waals surface area contributed by atoms with Crippen LogP contribution in [0.15, 0.2) is 22.6 Å². The molecule has 6 unspecified atom stereocenters. The molecule has 8 heteroatoms. The number of ether oxygens (including phenoxy) is 1. The van der Waals surface area contributed by atoms with E-state index in [2.05, 4.69) is 4.98 Å². The molecule has 0 spiro atoms. The molecule has 0 radical (unpaired) electrons. The number of hydrogen-bond donors (Lipinski definition) is 3.